The van der Waals surface area contributed by atoms with Crippen LogP contribution in [-0.2, 0) is 35.6 Å². The van der Waals surface area contributed by atoms with E-state index >= 15 is 0 Å². The topological polar surface area (TPSA) is 111 Å². The van der Waals surface area contributed by atoms with Gasteiger partial charge in [-0.25, -0.2) is 9.47 Å². The molecule has 0 spiro atoms. The number of carbonyl (C=O) groups is 2. The maximum Gasteiger partial charge on any atom is 0.407 e. The normalized spacial score (nSPS) is 11.0. The lowest BCUT2D eigenvalue weighted by Crippen LogP contribution is -2.40. The van der Waals surface area contributed by atoms with Gasteiger partial charge >= 0.3 is 6.09 Å². The van der Waals surface area contributed by atoms with Crippen molar-refractivity contribution in [3.05, 3.63) is 97.9 Å². The molecule has 3 N–H and O–H groups in total. The van der Waals surface area contributed by atoms with Gasteiger partial charge in [0.15, 0.2) is 0 Å². The van der Waals surface area contributed by atoms with Crippen LogP contribution in [0.5, 0.6) is 5.75 Å². The molecule has 1 aromatic heterocycles. The minimum atomic E-state index is -0.539. The van der Waals surface area contributed by atoms with Gasteiger partial charge in [-0.3, -0.25) is 9.59 Å². The highest BCUT2D eigenvalue weighted by molar-refractivity contribution is 6.30. The average molecular weight is 555 g/mol. The first-order valence-corrected chi connectivity index (χ1v) is 12.9. The second kappa shape index (κ2) is 13.2. The molecule has 9 nitrogen and oxygen atoms in total. The minimum Gasteiger partial charge on any atom is -0.497 e. The summed E-state index contributed by atoms with van der Waals surface area (Å²) in [6.45, 7) is 7.95. The van der Waals surface area contributed by atoms with E-state index in [2.05, 4.69) is 16.1 Å². The van der Waals surface area contributed by atoms with E-state index < -0.39 is 11.6 Å². The number of ether oxygens (including phenoxy) is 2. The summed E-state index contributed by atoms with van der Waals surface area (Å²) >= 11 is 6.17. The SMILES string of the molecule is COc1cccc(CNn2ccc(C)c(CC(=O)NCc3cc(Cl)ccc3COC(=O)NC(C)(C)C)c2=O)c1. The van der Waals surface area contributed by atoms with Crippen LogP contribution in [0.15, 0.2) is 59.5 Å². The number of nitrogens with zero attached hydrogens (tertiary/aromatic N) is 1. The lowest BCUT2D eigenvalue weighted by Gasteiger charge is -2.20. The van der Waals surface area contributed by atoms with Crippen LogP contribution in [0.1, 0.15) is 48.6 Å². The highest BCUT2D eigenvalue weighted by atomic mass is 35.5. The van der Waals surface area contributed by atoms with Crippen LogP contribution in [0.4, 0.5) is 4.79 Å². The summed E-state index contributed by atoms with van der Waals surface area (Å²) in [6, 6.07) is 14.5. The van der Waals surface area contributed by atoms with Crippen molar-refractivity contribution < 1.29 is 19.1 Å². The summed E-state index contributed by atoms with van der Waals surface area (Å²) in [5.41, 5.74) is 5.84. The second-order valence-corrected chi connectivity index (χ2v) is 10.6. The van der Waals surface area contributed by atoms with Crippen molar-refractivity contribution in [3.63, 3.8) is 0 Å². The van der Waals surface area contributed by atoms with Gasteiger partial charge in [0.05, 0.1) is 20.1 Å². The number of carbonyl (C=O) groups excluding carboxylic acids is 2. The van der Waals surface area contributed by atoms with Gasteiger partial charge in [0, 0.05) is 28.9 Å². The molecular formula is C29H35ClN4O5. The van der Waals surface area contributed by atoms with Crippen LogP contribution >= 0.6 is 11.6 Å². The molecule has 10 heteroatoms. The number of methoxy groups -OCH3 is 1. The third-order valence-electron chi connectivity index (χ3n) is 5.83. The maximum atomic E-state index is 13.1. The van der Waals surface area contributed by atoms with Gasteiger partial charge in [0.1, 0.15) is 12.4 Å². The third kappa shape index (κ3) is 9.07. The number of hydrogen-bond acceptors (Lipinski definition) is 6. The van der Waals surface area contributed by atoms with Crippen molar-refractivity contribution in [2.24, 2.45) is 0 Å². The van der Waals surface area contributed by atoms with Gasteiger partial charge in [-0.05, 0) is 80.3 Å². The van der Waals surface area contributed by atoms with Crippen LogP contribution in [0.25, 0.3) is 0 Å². The Morgan fingerprint density at radius 3 is 2.51 bits per heavy atom. The predicted octanol–water partition coefficient (Wildman–Crippen LogP) is 4.45. The largest absolute Gasteiger partial charge is 0.497 e. The molecule has 208 valence electrons. The van der Waals surface area contributed by atoms with E-state index in [-0.39, 0.29) is 31.0 Å². The number of nitrogens with one attached hydrogen (secondary N) is 3. The Balaban J connectivity index is 1.64. The van der Waals surface area contributed by atoms with E-state index in [4.69, 9.17) is 21.1 Å². The van der Waals surface area contributed by atoms with Gasteiger partial charge in [0.25, 0.3) is 5.56 Å². The number of rotatable bonds is 10. The van der Waals surface area contributed by atoms with Crippen LogP contribution in [-0.4, -0.2) is 29.3 Å². The summed E-state index contributed by atoms with van der Waals surface area (Å²) in [6.07, 6.45) is 1.02. The molecule has 3 aromatic rings. The van der Waals surface area contributed by atoms with E-state index in [1.807, 2.05) is 45.0 Å². The Bertz CT molecular complexity index is 1380. The fourth-order valence-corrected chi connectivity index (χ4v) is 3.96. The molecule has 0 aliphatic carbocycles. The van der Waals surface area contributed by atoms with Crippen molar-refractivity contribution in [1.29, 1.82) is 0 Å². The molecule has 0 unspecified atom stereocenters. The summed E-state index contributed by atoms with van der Waals surface area (Å²) in [5, 5.41) is 6.08. The Hall–Kier alpha value is -3.98. The number of halogens is 1. The van der Waals surface area contributed by atoms with Crippen LogP contribution in [0, 0.1) is 6.92 Å². The van der Waals surface area contributed by atoms with Gasteiger partial charge in [-0.1, -0.05) is 29.8 Å². The number of aryl methyl sites for hydroxylation is 1. The molecule has 0 bridgehead atoms. The lowest BCUT2D eigenvalue weighted by molar-refractivity contribution is -0.120. The smallest absolute Gasteiger partial charge is 0.407 e. The zero-order valence-corrected chi connectivity index (χ0v) is 23.6. The highest BCUT2D eigenvalue weighted by Gasteiger charge is 2.16. The Labute approximate surface area is 233 Å². The molecule has 0 saturated carbocycles. The number of pyridine rings is 1. The Morgan fingerprint density at radius 1 is 1.03 bits per heavy atom. The number of amides is 2. The molecule has 0 atom stereocenters. The molecule has 0 radical (unpaired) electrons. The highest BCUT2D eigenvalue weighted by Crippen LogP contribution is 2.18. The first-order chi connectivity index (χ1) is 18.4. The summed E-state index contributed by atoms with van der Waals surface area (Å²) in [5.74, 6) is 0.406. The van der Waals surface area contributed by atoms with Crippen molar-refractivity contribution in [2.45, 2.75) is 59.4 Å². The van der Waals surface area contributed by atoms with Gasteiger partial charge in [-0.15, -0.1) is 0 Å². The van der Waals surface area contributed by atoms with E-state index in [1.165, 1.54) is 4.68 Å². The Kier molecular flexibility index (Phi) is 10.0. The predicted molar refractivity (Wildman–Crippen MR) is 152 cm³/mol. The van der Waals surface area contributed by atoms with Crippen molar-refractivity contribution >= 4 is 23.6 Å². The second-order valence-electron chi connectivity index (χ2n) is 10.2. The molecule has 0 fully saturated rings. The molecule has 0 aliphatic rings. The van der Waals surface area contributed by atoms with E-state index in [1.54, 1.807) is 44.5 Å². The van der Waals surface area contributed by atoms with Crippen LogP contribution in [0.3, 0.4) is 0 Å². The fraction of sp³-hybridized carbons (Fsp3) is 0.345. The molecule has 0 saturated heterocycles. The summed E-state index contributed by atoms with van der Waals surface area (Å²) in [7, 11) is 1.60. The fourth-order valence-electron chi connectivity index (χ4n) is 3.77. The van der Waals surface area contributed by atoms with Crippen molar-refractivity contribution in [2.75, 3.05) is 12.5 Å². The molecule has 0 aliphatic heterocycles. The minimum absolute atomic E-state index is 0.0196. The van der Waals surface area contributed by atoms with Gasteiger partial charge < -0.3 is 25.5 Å². The first kappa shape index (κ1) is 29.6. The summed E-state index contributed by atoms with van der Waals surface area (Å²) in [4.78, 5) is 38.0. The standard InChI is InChI=1S/C29H35ClN4O5/c1-19-11-12-34(32-16-20-7-6-8-24(13-20)38-5)27(36)25(19)15-26(35)31-17-22-14-23(30)10-9-21(22)18-39-28(37)33-29(2,3)4/h6-14,32H,15-18H2,1-5H3,(H,31,35)(H,33,37). The molecule has 3 rings (SSSR count). The number of benzene rings is 2. The molecule has 1 heterocycles. The molecular weight excluding hydrogens is 520 g/mol. The average Bonchev–Trinajstić information content (AvgIpc) is 2.88. The van der Waals surface area contributed by atoms with E-state index in [0.29, 0.717) is 28.3 Å². The van der Waals surface area contributed by atoms with E-state index in [0.717, 1.165) is 16.9 Å². The lowest BCUT2D eigenvalue weighted by atomic mass is 10.1. The third-order valence-corrected chi connectivity index (χ3v) is 6.07. The molecule has 39 heavy (non-hydrogen) atoms. The number of aromatic nitrogens is 1. The van der Waals surface area contributed by atoms with Crippen molar-refractivity contribution in [3.8, 4) is 5.75 Å². The zero-order valence-electron chi connectivity index (χ0n) is 22.9. The monoisotopic (exact) mass is 554 g/mol. The first-order valence-electron chi connectivity index (χ1n) is 12.5. The maximum absolute atomic E-state index is 13.1. The Morgan fingerprint density at radius 2 is 1.79 bits per heavy atom. The number of hydrogen-bond donors (Lipinski definition) is 3. The zero-order chi connectivity index (χ0) is 28.6. The van der Waals surface area contributed by atoms with Crippen molar-refractivity contribution in [1.82, 2.24) is 15.3 Å². The van der Waals surface area contributed by atoms with Gasteiger partial charge in [0.2, 0.25) is 5.91 Å². The summed E-state index contributed by atoms with van der Waals surface area (Å²) < 4.78 is 12.0. The molecule has 2 aromatic carbocycles. The van der Waals surface area contributed by atoms with E-state index in [9.17, 15) is 14.4 Å². The van der Waals surface area contributed by atoms with Crippen LogP contribution < -0.4 is 26.4 Å². The molecule has 2 amide bonds. The van der Waals surface area contributed by atoms with Gasteiger partial charge in [-0.2, -0.15) is 0 Å². The quantitative estimate of drug-likeness (QED) is 0.341. The number of alkyl carbamates (subject to hydrolysis) is 1. The van der Waals surface area contributed by atoms with Crippen LogP contribution in [0.2, 0.25) is 5.02 Å².